The van der Waals surface area contributed by atoms with Crippen molar-refractivity contribution in [3.63, 3.8) is 0 Å². The van der Waals surface area contributed by atoms with Crippen molar-refractivity contribution >= 4 is 40.5 Å². The standard InChI is InChI=1S/C21H22ClN5O4S/c22-13-8-27(17-14(28)9-31-18(13)17)21(30)16(11-3-1-2-4-11)26-19(29)20-25-7-15(32-20)12-5-23-10-24-6-12/h5-7,10-11,13,16-18H,1-4,8-9H2,(H,26,29). The van der Waals surface area contributed by atoms with E-state index in [1.54, 1.807) is 18.6 Å². The molecule has 9 nitrogen and oxygen atoms in total. The third-order valence-corrected chi connectivity index (χ3v) is 7.81. The molecule has 11 heteroatoms. The molecule has 0 spiro atoms. The average Bonchev–Trinajstić information content (AvgIpc) is 3.59. The monoisotopic (exact) mass is 475 g/mol. The Hall–Kier alpha value is -2.43. The molecule has 2 aromatic heterocycles. The number of Topliss-reactive ketones (excluding diaryl/α,β-unsaturated/α-hetero) is 1. The van der Waals surface area contributed by atoms with Gasteiger partial charge in [0.1, 0.15) is 31.1 Å². The van der Waals surface area contributed by atoms with Crippen LogP contribution in [0.15, 0.2) is 24.9 Å². The minimum absolute atomic E-state index is 0.0126. The maximum absolute atomic E-state index is 13.6. The third kappa shape index (κ3) is 3.91. The summed E-state index contributed by atoms with van der Waals surface area (Å²) in [4.78, 5) is 53.5. The second-order valence-electron chi connectivity index (χ2n) is 8.35. The van der Waals surface area contributed by atoms with E-state index in [9.17, 15) is 14.4 Å². The Balaban J connectivity index is 1.36. The largest absolute Gasteiger partial charge is 0.366 e. The van der Waals surface area contributed by atoms with E-state index in [2.05, 4.69) is 20.3 Å². The molecule has 0 radical (unpaired) electrons. The van der Waals surface area contributed by atoms with Crippen molar-refractivity contribution in [1.29, 1.82) is 0 Å². The lowest BCUT2D eigenvalue weighted by atomic mass is 9.96. The molecular formula is C21H22ClN5O4S. The summed E-state index contributed by atoms with van der Waals surface area (Å²) in [6.07, 6.45) is 9.56. The summed E-state index contributed by atoms with van der Waals surface area (Å²) < 4.78 is 5.50. The number of nitrogens with zero attached hydrogens (tertiary/aromatic N) is 4. The molecule has 4 heterocycles. The van der Waals surface area contributed by atoms with Crippen LogP contribution in [0.2, 0.25) is 0 Å². The van der Waals surface area contributed by atoms with E-state index in [0.717, 1.165) is 36.1 Å². The Labute approximate surface area is 193 Å². The minimum atomic E-state index is -0.728. The van der Waals surface area contributed by atoms with Gasteiger partial charge in [0.25, 0.3) is 5.91 Å². The Bertz CT molecular complexity index is 1030. The second kappa shape index (κ2) is 8.84. The van der Waals surface area contributed by atoms with Gasteiger partial charge in [0, 0.05) is 30.7 Å². The van der Waals surface area contributed by atoms with Gasteiger partial charge in [-0.3, -0.25) is 14.4 Å². The first-order chi connectivity index (χ1) is 15.5. The summed E-state index contributed by atoms with van der Waals surface area (Å²) in [5.74, 6) is -0.803. The highest BCUT2D eigenvalue weighted by Crippen LogP contribution is 2.34. The first-order valence-electron chi connectivity index (χ1n) is 10.6. The molecule has 4 unspecified atom stereocenters. The van der Waals surface area contributed by atoms with Crippen molar-refractivity contribution in [2.24, 2.45) is 5.92 Å². The number of rotatable bonds is 5. The molecule has 32 heavy (non-hydrogen) atoms. The number of amides is 2. The number of nitrogens with one attached hydrogen (secondary N) is 1. The van der Waals surface area contributed by atoms with E-state index < -0.39 is 29.5 Å². The molecule has 1 aliphatic carbocycles. The SMILES string of the molecule is O=C(NC(C(=O)N1CC(Cl)C2OCC(=O)C21)C1CCCC1)c1ncc(-c2cncnc2)s1. The molecule has 4 atom stereocenters. The van der Waals surface area contributed by atoms with Gasteiger partial charge in [-0.25, -0.2) is 15.0 Å². The molecule has 1 N–H and O–H groups in total. The number of fused-ring (bicyclic) bond motifs is 1. The molecule has 3 aliphatic rings. The Morgan fingerprint density at radius 1 is 1.22 bits per heavy atom. The molecule has 5 rings (SSSR count). The lowest BCUT2D eigenvalue weighted by Gasteiger charge is -2.30. The van der Waals surface area contributed by atoms with Gasteiger partial charge >= 0.3 is 0 Å². The van der Waals surface area contributed by atoms with Gasteiger partial charge in [0.2, 0.25) is 5.91 Å². The molecule has 2 amide bonds. The molecule has 0 bridgehead atoms. The van der Waals surface area contributed by atoms with Gasteiger partial charge < -0.3 is 15.0 Å². The molecule has 2 aliphatic heterocycles. The first-order valence-corrected chi connectivity index (χ1v) is 11.9. The fraction of sp³-hybridized carbons (Fsp3) is 0.524. The number of alkyl halides is 1. The number of carbonyl (C=O) groups is 3. The van der Waals surface area contributed by atoms with E-state index in [1.165, 1.54) is 22.6 Å². The zero-order valence-electron chi connectivity index (χ0n) is 17.1. The average molecular weight is 476 g/mol. The molecule has 2 saturated heterocycles. The maximum atomic E-state index is 13.6. The van der Waals surface area contributed by atoms with Crippen molar-refractivity contribution in [1.82, 2.24) is 25.2 Å². The second-order valence-corrected chi connectivity index (χ2v) is 9.94. The summed E-state index contributed by atoms with van der Waals surface area (Å²) in [5.41, 5.74) is 0.767. The van der Waals surface area contributed by atoms with Crippen LogP contribution in [0, 0.1) is 5.92 Å². The minimum Gasteiger partial charge on any atom is -0.366 e. The summed E-state index contributed by atoms with van der Waals surface area (Å²) in [6, 6.07) is -1.40. The van der Waals surface area contributed by atoms with E-state index in [1.807, 2.05) is 0 Å². The fourth-order valence-electron chi connectivity index (χ4n) is 4.82. The molecule has 3 fully saturated rings. The van der Waals surface area contributed by atoms with Crippen molar-refractivity contribution in [2.75, 3.05) is 13.2 Å². The van der Waals surface area contributed by atoms with E-state index in [0.29, 0.717) is 0 Å². The predicted molar refractivity (Wildman–Crippen MR) is 116 cm³/mol. The fourth-order valence-corrected chi connectivity index (χ4v) is 5.97. The van der Waals surface area contributed by atoms with Crippen LogP contribution in [0.5, 0.6) is 0 Å². The van der Waals surface area contributed by atoms with Gasteiger partial charge in [0.15, 0.2) is 10.8 Å². The number of halogens is 1. The number of aromatic nitrogens is 3. The topological polar surface area (TPSA) is 114 Å². The number of ether oxygens (including phenoxy) is 1. The van der Waals surface area contributed by atoms with Crippen LogP contribution in [0.3, 0.4) is 0 Å². The van der Waals surface area contributed by atoms with Crippen molar-refractivity contribution in [2.45, 2.75) is 49.2 Å². The quantitative estimate of drug-likeness (QED) is 0.654. The Morgan fingerprint density at radius 2 is 1.97 bits per heavy atom. The van der Waals surface area contributed by atoms with Gasteiger partial charge in [-0.05, 0) is 18.8 Å². The van der Waals surface area contributed by atoms with Crippen LogP contribution in [-0.2, 0) is 14.3 Å². The maximum Gasteiger partial charge on any atom is 0.280 e. The lowest BCUT2D eigenvalue weighted by molar-refractivity contribution is -0.139. The molecular weight excluding hydrogens is 454 g/mol. The van der Waals surface area contributed by atoms with Gasteiger partial charge in [0.05, 0.1) is 10.3 Å². The summed E-state index contributed by atoms with van der Waals surface area (Å²) in [6.45, 7) is 0.198. The van der Waals surface area contributed by atoms with Crippen LogP contribution in [0.25, 0.3) is 10.4 Å². The highest BCUT2D eigenvalue weighted by molar-refractivity contribution is 7.16. The zero-order valence-corrected chi connectivity index (χ0v) is 18.7. The predicted octanol–water partition coefficient (Wildman–Crippen LogP) is 1.67. The lowest BCUT2D eigenvalue weighted by Crippen LogP contribution is -2.54. The van der Waals surface area contributed by atoms with Crippen LogP contribution in [0.4, 0.5) is 0 Å². The van der Waals surface area contributed by atoms with Crippen LogP contribution in [0.1, 0.15) is 35.5 Å². The smallest absolute Gasteiger partial charge is 0.280 e. The van der Waals surface area contributed by atoms with E-state index in [-0.39, 0.29) is 35.8 Å². The number of carbonyl (C=O) groups excluding carboxylic acids is 3. The number of hydrogen-bond acceptors (Lipinski definition) is 8. The van der Waals surface area contributed by atoms with Crippen LogP contribution < -0.4 is 5.32 Å². The first kappa shape index (κ1) is 21.4. The van der Waals surface area contributed by atoms with Gasteiger partial charge in [-0.2, -0.15) is 0 Å². The molecule has 168 valence electrons. The Kier molecular flexibility index (Phi) is 5.92. The van der Waals surface area contributed by atoms with Crippen LogP contribution in [-0.4, -0.2) is 74.2 Å². The van der Waals surface area contributed by atoms with Crippen molar-refractivity contribution < 1.29 is 19.1 Å². The van der Waals surface area contributed by atoms with Gasteiger partial charge in [-0.15, -0.1) is 22.9 Å². The van der Waals surface area contributed by atoms with E-state index in [4.69, 9.17) is 16.3 Å². The molecule has 1 saturated carbocycles. The van der Waals surface area contributed by atoms with Crippen molar-refractivity contribution in [3.05, 3.63) is 29.9 Å². The number of hydrogen-bond donors (Lipinski definition) is 1. The zero-order chi connectivity index (χ0) is 22.2. The normalized spacial score (nSPS) is 26.3. The molecule has 0 aromatic carbocycles. The van der Waals surface area contributed by atoms with Crippen molar-refractivity contribution in [3.8, 4) is 10.4 Å². The highest BCUT2D eigenvalue weighted by Gasteiger charge is 2.53. The Morgan fingerprint density at radius 3 is 2.72 bits per heavy atom. The van der Waals surface area contributed by atoms with E-state index >= 15 is 0 Å². The summed E-state index contributed by atoms with van der Waals surface area (Å²) >= 11 is 7.58. The number of likely N-dealkylation sites (tertiary alicyclic amines) is 1. The number of ketones is 1. The highest BCUT2D eigenvalue weighted by atomic mass is 35.5. The third-order valence-electron chi connectivity index (χ3n) is 6.37. The molecule has 2 aromatic rings. The number of thiazole rings is 1. The summed E-state index contributed by atoms with van der Waals surface area (Å²) in [5, 5.41) is 2.74. The van der Waals surface area contributed by atoms with Gasteiger partial charge in [-0.1, -0.05) is 12.8 Å². The summed E-state index contributed by atoms with van der Waals surface area (Å²) in [7, 11) is 0. The van der Waals surface area contributed by atoms with Crippen LogP contribution >= 0.6 is 22.9 Å².